The summed E-state index contributed by atoms with van der Waals surface area (Å²) in [6.07, 6.45) is -2.75. The number of halogens is 3. The topological polar surface area (TPSA) is 51.1 Å². The summed E-state index contributed by atoms with van der Waals surface area (Å²) in [5.41, 5.74) is 1.10. The number of rotatable bonds is 4. The second kappa shape index (κ2) is 8.29. The molecule has 1 aliphatic heterocycles. The minimum Gasteiger partial charge on any atom is -0.383 e. The first-order valence-corrected chi connectivity index (χ1v) is 9.89. The van der Waals surface area contributed by atoms with Crippen molar-refractivity contribution in [1.29, 1.82) is 0 Å². The summed E-state index contributed by atoms with van der Waals surface area (Å²) in [4.78, 5) is 8.09. The molecule has 1 fully saturated rings. The molecule has 5 nitrogen and oxygen atoms in total. The SMILES string of the molecule is CCNC(=NCC1(O)CCc2ccccc21)N1CCN(C(C)C(F)(F)F)CC1. The maximum absolute atomic E-state index is 12.9. The fourth-order valence-electron chi connectivity index (χ4n) is 3.99. The molecule has 2 atom stereocenters. The van der Waals surface area contributed by atoms with E-state index in [2.05, 4.69) is 10.3 Å². The highest BCUT2D eigenvalue weighted by Crippen LogP contribution is 2.37. The zero-order valence-electron chi connectivity index (χ0n) is 16.5. The summed E-state index contributed by atoms with van der Waals surface area (Å²) in [5, 5.41) is 14.3. The van der Waals surface area contributed by atoms with Gasteiger partial charge in [0.15, 0.2) is 5.96 Å². The van der Waals surface area contributed by atoms with E-state index in [9.17, 15) is 18.3 Å². The average molecular weight is 398 g/mol. The van der Waals surface area contributed by atoms with Crippen LogP contribution in [0.2, 0.25) is 0 Å². The molecule has 3 rings (SSSR count). The lowest BCUT2D eigenvalue weighted by molar-refractivity contribution is -0.181. The third kappa shape index (κ3) is 4.43. The molecule has 1 heterocycles. The quantitative estimate of drug-likeness (QED) is 0.604. The van der Waals surface area contributed by atoms with E-state index in [4.69, 9.17) is 0 Å². The monoisotopic (exact) mass is 398 g/mol. The van der Waals surface area contributed by atoms with Crippen molar-refractivity contribution < 1.29 is 18.3 Å². The molecular weight excluding hydrogens is 369 g/mol. The van der Waals surface area contributed by atoms with Crippen LogP contribution >= 0.6 is 0 Å². The molecular formula is C20H29F3N4O. The molecule has 1 saturated heterocycles. The first-order valence-electron chi connectivity index (χ1n) is 9.89. The van der Waals surface area contributed by atoms with Gasteiger partial charge in [0.05, 0.1) is 6.54 Å². The number of nitrogens with one attached hydrogen (secondary N) is 1. The van der Waals surface area contributed by atoms with Crippen LogP contribution < -0.4 is 5.32 Å². The van der Waals surface area contributed by atoms with Gasteiger partial charge in [-0.2, -0.15) is 13.2 Å². The summed E-state index contributed by atoms with van der Waals surface area (Å²) in [6.45, 7) is 5.68. The molecule has 28 heavy (non-hydrogen) atoms. The number of aliphatic imine (C=N–C) groups is 1. The first-order chi connectivity index (χ1) is 13.2. The van der Waals surface area contributed by atoms with Gasteiger partial charge in [-0.1, -0.05) is 24.3 Å². The second-order valence-corrected chi connectivity index (χ2v) is 7.60. The number of piperazine rings is 1. The normalized spacial score (nSPS) is 24.9. The predicted octanol–water partition coefficient (Wildman–Crippen LogP) is 2.35. The minimum absolute atomic E-state index is 0.242. The molecule has 0 spiro atoms. The van der Waals surface area contributed by atoms with Crippen LogP contribution in [0, 0.1) is 0 Å². The van der Waals surface area contributed by atoms with Crippen LogP contribution in [-0.2, 0) is 12.0 Å². The molecule has 0 bridgehead atoms. The zero-order chi connectivity index (χ0) is 20.4. The maximum Gasteiger partial charge on any atom is 0.403 e. The lowest BCUT2D eigenvalue weighted by Crippen LogP contribution is -2.57. The minimum atomic E-state index is -4.21. The van der Waals surface area contributed by atoms with Crippen molar-refractivity contribution in [2.75, 3.05) is 39.3 Å². The number of fused-ring (bicyclic) bond motifs is 1. The Bertz CT molecular complexity index is 701. The smallest absolute Gasteiger partial charge is 0.383 e. The van der Waals surface area contributed by atoms with E-state index in [0.717, 1.165) is 17.5 Å². The number of hydrogen-bond donors (Lipinski definition) is 2. The van der Waals surface area contributed by atoms with Gasteiger partial charge in [0, 0.05) is 32.7 Å². The number of aliphatic hydroxyl groups is 1. The van der Waals surface area contributed by atoms with Crippen molar-refractivity contribution in [1.82, 2.24) is 15.1 Å². The van der Waals surface area contributed by atoms with Gasteiger partial charge >= 0.3 is 6.18 Å². The Labute approximate surface area is 164 Å². The van der Waals surface area contributed by atoms with Crippen molar-refractivity contribution in [2.45, 2.75) is 44.5 Å². The average Bonchev–Trinajstić information content (AvgIpc) is 3.02. The van der Waals surface area contributed by atoms with Crippen LogP contribution in [0.15, 0.2) is 29.3 Å². The van der Waals surface area contributed by atoms with Gasteiger partial charge in [0.2, 0.25) is 0 Å². The van der Waals surface area contributed by atoms with Crippen LogP contribution in [0.4, 0.5) is 13.2 Å². The van der Waals surface area contributed by atoms with Crippen molar-refractivity contribution in [3.63, 3.8) is 0 Å². The fraction of sp³-hybridized carbons (Fsp3) is 0.650. The molecule has 0 saturated carbocycles. The van der Waals surface area contributed by atoms with Crippen molar-refractivity contribution in [2.24, 2.45) is 4.99 Å². The van der Waals surface area contributed by atoms with E-state index in [1.807, 2.05) is 36.1 Å². The third-order valence-corrected chi connectivity index (χ3v) is 5.79. The summed E-state index contributed by atoms with van der Waals surface area (Å²) < 4.78 is 38.8. The van der Waals surface area contributed by atoms with Gasteiger partial charge in [-0.25, -0.2) is 4.99 Å². The summed E-state index contributed by atoms with van der Waals surface area (Å²) >= 11 is 0. The molecule has 8 heteroatoms. The van der Waals surface area contributed by atoms with Crippen LogP contribution in [0.3, 0.4) is 0 Å². The Balaban J connectivity index is 1.66. The Morgan fingerprint density at radius 2 is 1.93 bits per heavy atom. The van der Waals surface area contributed by atoms with E-state index in [-0.39, 0.29) is 6.54 Å². The Hall–Kier alpha value is -1.80. The maximum atomic E-state index is 12.9. The number of hydrogen-bond acceptors (Lipinski definition) is 3. The standard InChI is InChI=1S/C20H29F3N4O/c1-3-24-18(27-12-10-26(11-13-27)15(2)20(21,22)23)25-14-19(28)9-8-16-6-4-5-7-17(16)19/h4-7,15,28H,3,8-14H2,1-2H3,(H,24,25). The Morgan fingerprint density at radius 1 is 1.25 bits per heavy atom. The number of alkyl halides is 3. The van der Waals surface area contributed by atoms with E-state index in [0.29, 0.717) is 45.1 Å². The lowest BCUT2D eigenvalue weighted by Gasteiger charge is -2.40. The second-order valence-electron chi connectivity index (χ2n) is 7.60. The molecule has 2 unspecified atom stereocenters. The highest BCUT2D eigenvalue weighted by atomic mass is 19.4. The molecule has 0 radical (unpaired) electrons. The Morgan fingerprint density at radius 3 is 2.57 bits per heavy atom. The highest BCUT2D eigenvalue weighted by molar-refractivity contribution is 5.80. The molecule has 2 N–H and O–H groups in total. The van der Waals surface area contributed by atoms with Gasteiger partial charge in [0.1, 0.15) is 11.6 Å². The molecule has 2 aliphatic rings. The highest BCUT2D eigenvalue weighted by Gasteiger charge is 2.41. The van der Waals surface area contributed by atoms with Crippen LogP contribution in [0.5, 0.6) is 0 Å². The molecule has 1 aromatic rings. The molecule has 1 aromatic carbocycles. The zero-order valence-corrected chi connectivity index (χ0v) is 16.5. The van der Waals surface area contributed by atoms with E-state index >= 15 is 0 Å². The van der Waals surface area contributed by atoms with E-state index in [1.54, 1.807) is 0 Å². The van der Waals surface area contributed by atoms with Crippen LogP contribution in [0.1, 0.15) is 31.4 Å². The van der Waals surface area contributed by atoms with Crippen molar-refractivity contribution in [3.05, 3.63) is 35.4 Å². The first kappa shape index (κ1) is 20.9. The Kier molecular flexibility index (Phi) is 6.19. The predicted molar refractivity (Wildman–Crippen MR) is 103 cm³/mol. The van der Waals surface area contributed by atoms with Gasteiger partial charge in [0.25, 0.3) is 0 Å². The largest absolute Gasteiger partial charge is 0.403 e. The molecule has 156 valence electrons. The summed E-state index contributed by atoms with van der Waals surface area (Å²) in [5.74, 6) is 0.652. The van der Waals surface area contributed by atoms with Gasteiger partial charge in [-0.15, -0.1) is 0 Å². The van der Waals surface area contributed by atoms with Crippen LogP contribution in [-0.4, -0.2) is 72.4 Å². The van der Waals surface area contributed by atoms with Gasteiger partial charge in [-0.3, -0.25) is 4.90 Å². The lowest BCUT2D eigenvalue weighted by atomic mass is 9.96. The number of aryl methyl sites for hydroxylation is 1. The van der Waals surface area contributed by atoms with Gasteiger partial charge < -0.3 is 15.3 Å². The van der Waals surface area contributed by atoms with Crippen LogP contribution in [0.25, 0.3) is 0 Å². The summed E-state index contributed by atoms with van der Waals surface area (Å²) in [7, 11) is 0. The van der Waals surface area contributed by atoms with E-state index < -0.39 is 17.8 Å². The van der Waals surface area contributed by atoms with Gasteiger partial charge in [-0.05, 0) is 37.8 Å². The fourth-order valence-corrected chi connectivity index (χ4v) is 3.99. The molecule has 1 aliphatic carbocycles. The van der Waals surface area contributed by atoms with E-state index in [1.165, 1.54) is 11.8 Å². The number of nitrogens with zero attached hydrogens (tertiary/aromatic N) is 3. The molecule has 0 aromatic heterocycles. The number of guanidine groups is 1. The summed E-state index contributed by atoms with van der Waals surface area (Å²) in [6, 6.07) is 6.43. The third-order valence-electron chi connectivity index (χ3n) is 5.79. The molecule has 0 amide bonds. The number of benzene rings is 1. The van der Waals surface area contributed by atoms with Crippen molar-refractivity contribution >= 4 is 5.96 Å². The van der Waals surface area contributed by atoms with Crippen molar-refractivity contribution in [3.8, 4) is 0 Å².